The minimum Gasteiger partial charge on any atom is -0.434 e. The van der Waals surface area contributed by atoms with E-state index in [1.807, 2.05) is 0 Å². The molecule has 0 unspecified atom stereocenters. The fourth-order valence-electron chi connectivity index (χ4n) is 3.42. The summed E-state index contributed by atoms with van der Waals surface area (Å²) in [5.41, 5.74) is -0.773. The van der Waals surface area contributed by atoms with Gasteiger partial charge >= 0.3 is 12.4 Å². The van der Waals surface area contributed by atoms with Crippen molar-refractivity contribution in [2.45, 2.75) is 23.8 Å². The minimum atomic E-state index is -5.15. The van der Waals surface area contributed by atoms with Crippen LogP contribution in [0, 0.1) is 0 Å². The molecule has 1 aromatic carbocycles. The summed E-state index contributed by atoms with van der Waals surface area (Å²) in [7, 11) is -2.20. The number of fused-ring (bicyclic) bond motifs is 1. The summed E-state index contributed by atoms with van der Waals surface area (Å²) >= 11 is 0. The minimum absolute atomic E-state index is 0.0109. The van der Waals surface area contributed by atoms with Gasteiger partial charge in [-0.3, -0.25) is 14.3 Å². The van der Waals surface area contributed by atoms with Crippen LogP contribution in [0.3, 0.4) is 0 Å². The van der Waals surface area contributed by atoms with Gasteiger partial charge in [0.1, 0.15) is 23.6 Å². The zero-order valence-electron chi connectivity index (χ0n) is 20.1. The highest BCUT2D eigenvalue weighted by molar-refractivity contribution is 7.91. The Morgan fingerprint density at radius 3 is 2.59 bits per heavy atom. The summed E-state index contributed by atoms with van der Waals surface area (Å²) in [6.45, 7) is -3.74. The van der Waals surface area contributed by atoms with E-state index in [2.05, 4.69) is 25.2 Å². The number of nitrogens with one attached hydrogen (secondary N) is 1. The van der Waals surface area contributed by atoms with Crippen LogP contribution in [0.1, 0.15) is 10.4 Å². The number of alkyl halides is 4. The fraction of sp³-hybridized carbons (Fsp3) is 0.227. The average molecular weight is 569 g/mol. The third kappa shape index (κ3) is 5.66. The molecule has 206 valence electrons. The van der Waals surface area contributed by atoms with Gasteiger partial charge in [-0.05, 0) is 24.3 Å². The Labute approximate surface area is 217 Å². The van der Waals surface area contributed by atoms with Gasteiger partial charge in [0.05, 0.1) is 16.8 Å². The maximum atomic E-state index is 13.2. The lowest BCUT2D eigenvalue weighted by atomic mass is 10.1. The van der Waals surface area contributed by atoms with Crippen LogP contribution in [0.4, 0.5) is 23.2 Å². The molecule has 0 saturated carbocycles. The van der Waals surface area contributed by atoms with Crippen molar-refractivity contribution in [3.8, 4) is 17.0 Å². The molecule has 0 atom stereocenters. The van der Waals surface area contributed by atoms with Gasteiger partial charge in [-0.15, -0.1) is 0 Å². The normalized spacial score (nSPS) is 11.8. The van der Waals surface area contributed by atoms with E-state index in [9.17, 15) is 35.6 Å². The average Bonchev–Trinajstić information content (AvgIpc) is 3.47. The Kier molecular flexibility index (Phi) is 7.53. The van der Waals surface area contributed by atoms with Crippen LogP contribution in [0.25, 0.3) is 16.9 Å². The van der Waals surface area contributed by atoms with Crippen molar-refractivity contribution in [2.75, 3.05) is 19.4 Å². The molecule has 12 nitrogen and oxygen atoms in total. The lowest BCUT2D eigenvalue weighted by molar-refractivity contribution is -0.129. The van der Waals surface area contributed by atoms with Crippen LogP contribution in [0.2, 0.25) is 0 Å². The number of likely N-dealkylation sites (N-methyl/N-ethyl adjacent to an activating group) is 1. The SMILES string of the molecule is CN(C)C(=O)Cn1cc(NC(=O)c2cnn3cccnc23)c(-c2cc(S(=O)(=O)C(F)F)ccc2OC(F)F)n1. The molecule has 4 aromatic rings. The molecule has 0 fully saturated rings. The van der Waals surface area contributed by atoms with Crippen LogP contribution >= 0.6 is 0 Å². The third-order valence-corrected chi connectivity index (χ3v) is 6.70. The van der Waals surface area contributed by atoms with Crippen molar-refractivity contribution in [2.24, 2.45) is 0 Å². The van der Waals surface area contributed by atoms with E-state index in [4.69, 9.17) is 0 Å². The second-order valence-electron chi connectivity index (χ2n) is 8.12. The first-order chi connectivity index (χ1) is 18.4. The van der Waals surface area contributed by atoms with Gasteiger partial charge in [-0.25, -0.2) is 17.9 Å². The van der Waals surface area contributed by atoms with Crippen molar-refractivity contribution < 1.29 is 40.3 Å². The maximum absolute atomic E-state index is 13.2. The molecule has 0 aliphatic rings. The molecular formula is C22H19F4N7O5S. The molecule has 2 amide bonds. The smallest absolute Gasteiger partial charge is 0.387 e. The third-order valence-electron chi connectivity index (χ3n) is 5.32. The van der Waals surface area contributed by atoms with Crippen LogP contribution in [0.5, 0.6) is 5.75 Å². The number of hydrogen-bond donors (Lipinski definition) is 1. The second kappa shape index (κ2) is 10.7. The summed E-state index contributed by atoms with van der Waals surface area (Å²) in [5.74, 6) is -5.62. The van der Waals surface area contributed by atoms with E-state index in [-0.39, 0.29) is 29.1 Å². The molecular weight excluding hydrogens is 550 g/mol. The van der Waals surface area contributed by atoms with Gasteiger partial charge in [0.25, 0.3) is 5.91 Å². The molecule has 39 heavy (non-hydrogen) atoms. The van der Waals surface area contributed by atoms with Crippen LogP contribution < -0.4 is 10.1 Å². The standard InChI is InChI=1S/C22H19F4N7O5S/c1-31(2)17(34)11-32-10-15(29-20(35)14-9-28-33-7-3-6-27-19(14)33)18(30-32)13-8-12(39(36,37)22(25)26)4-5-16(13)38-21(23)24/h3-10,21-22H,11H2,1-2H3,(H,29,35). The molecule has 0 aliphatic heterocycles. The molecule has 3 aromatic heterocycles. The van der Waals surface area contributed by atoms with Crippen molar-refractivity contribution in [1.29, 1.82) is 0 Å². The van der Waals surface area contributed by atoms with Crippen molar-refractivity contribution in [1.82, 2.24) is 29.3 Å². The summed E-state index contributed by atoms with van der Waals surface area (Å²) < 4.78 is 83.9. The largest absolute Gasteiger partial charge is 0.434 e. The predicted octanol–water partition coefficient (Wildman–Crippen LogP) is 2.53. The lowest BCUT2D eigenvalue weighted by Crippen LogP contribution is -2.26. The molecule has 0 saturated heterocycles. The first-order valence-corrected chi connectivity index (χ1v) is 12.4. The Morgan fingerprint density at radius 2 is 1.92 bits per heavy atom. The number of sulfone groups is 1. The van der Waals surface area contributed by atoms with Gasteiger partial charge in [-0.2, -0.15) is 27.8 Å². The van der Waals surface area contributed by atoms with E-state index in [0.29, 0.717) is 12.1 Å². The highest BCUT2D eigenvalue weighted by atomic mass is 32.2. The summed E-state index contributed by atoms with van der Waals surface area (Å²) in [6.07, 6.45) is 5.37. The first kappa shape index (κ1) is 27.5. The molecule has 17 heteroatoms. The number of halogens is 4. The fourth-order valence-corrected chi connectivity index (χ4v) is 4.17. The number of benzene rings is 1. The molecule has 4 rings (SSSR count). The number of anilines is 1. The second-order valence-corrected chi connectivity index (χ2v) is 10.0. The van der Waals surface area contributed by atoms with Gasteiger partial charge in [0.2, 0.25) is 15.7 Å². The Balaban J connectivity index is 1.86. The highest BCUT2D eigenvalue weighted by Gasteiger charge is 2.29. The zero-order valence-corrected chi connectivity index (χ0v) is 20.9. The van der Waals surface area contributed by atoms with Crippen molar-refractivity contribution in [3.63, 3.8) is 0 Å². The van der Waals surface area contributed by atoms with E-state index >= 15 is 0 Å². The monoisotopic (exact) mass is 569 g/mol. The predicted molar refractivity (Wildman–Crippen MR) is 127 cm³/mol. The summed E-state index contributed by atoms with van der Waals surface area (Å²) in [6, 6.07) is 3.70. The molecule has 3 heterocycles. The number of amides is 2. The molecule has 0 aliphatic carbocycles. The van der Waals surface area contributed by atoms with Crippen LogP contribution in [-0.2, 0) is 21.2 Å². The Bertz CT molecular complexity index is 1650. The van der Waals surface area contributed by atoms with Crippen LogP contribution in [-0.4, -0.2) is 76.0 Å². The highest BCUT2D eigenvalue weighted by Crippen LogP contribution is 2.38. The van der Waals surface area contributed by atoms with Gasteiger partial charge in [0, 0.05) is 38.2 Å². The topological polar surface area (TPSA) is 141 Å². The lowest BCUT2D eigenvalue weighted by Gasteiger charge is -2.13. The van der Waals surface area contributed by atoms with Gasteiger partial charge in [-0.1, -0.05) is 0 Å². The van der Waals surface area contributed by atoms with E-state index < -0.39 is 50.2 Å². The van der Waals surface area contributed by atoms with Crippen molar-refractivity contribution in [3.05, 3.63) is 54.6 Å². The number of hydrogen-bond acceptors (Lipinski definition) is 8. The molecule has 0 spiro atoms. The number of carbonyl (C=O) groups excluding carboxylic acids is 2. The quantitative estimate of drug-likeness (QED) is 0.303. The van der Waals surface area contributed by atoms with Gasteiger partial charge < -0.3 is 15.0 Å². The summed E-state index contributed by atoms with van der Waals surface area (Å²) in [4.78, 5) is 29.8. The van der Waals surface area contributed by atoms with Crippen molar-refractivity contribution >= 4 is 33.0 Å². The Hall–Kier alpha value is -4.54. The number of nitrogens with zero attached hydrogens (tertiary/aromatic N) is 6. The van der Waals surface area contributed by atoms with E-state index in [0.717, 1.165) is 10.7 Å². The van der Waals surface area contributed by atoms with E-state index in [1.165, 1.54) is 42.1 Å². The molecule has 0 bridgehead atoms. The Morgan fingerprint density at radius 1 is 1.18 bits per heavy atom. The zero-order chi connectivity index (χ0) is 28.5. The number of aromatic nitrogens is 5. The number of ether oxygens (including phenoxy) is 1. The first-order valence-electron chi connectivity index (χ1n) is 10.9. The molecule has 0 radical (unpaired) electrons. The number of rotatable bonds is 9. The van der Waals surface area contributed by atoms with Gasteiger partial charge in [0.15, 0.2) is 5.65 Å². The molecule has 1 N–H and O–H groups in total. The van der Waals surface area contributed by atoms with E-state index in [1.54, 1.807) is 12.3 Å². The summed E-state index contributed by atoms with van der Waals surface area (Å²) in [5, 5.41) is 10.7. The maximum Gasteiger partial charge on any atom is 0.387 e. The number of carbonyl (C=O) groups is 2. The van der Waals surface area contributed by atoms with Crippen LogP contribution in [0.15, 0.2) is 53.9 Å².